The van der Waals surface area contributed by atoms with Crippen molar-refractivity contribution in [3.63, 3.8) is 0 Å². The van der Waals surface area contributed by atoms with Gasteiger partial charge in [-0.05, 0) is 43.9 Å². The molecule has 0 atom stereocenters. The molecule has 0 unspecified atom stereocenters. The molecule has 2 aliphatic rings. The number of ether oxygens (including phenoxy) is 2. The number of piperidine rings is 1. The number of nitrogens with one attached hydrogen (secondary N) is 1. The zero-order valence-corrected chi connectivity index (χ0v) is 18.2. The third-order valence-electron chi connectivity index (χ3n) is 5.90. The number of amides is 1. The van der Waals surface area contributed by atoms with Crippen LogP contribution in [0, 0.1) is 0 Å². The van der Waals surface area contributed by atoms with E-state index >= 15 is 0 Å². The molecule has 0 radical (unpaired) electrons. The number of hydrogen-bond donors (Lipinski definition) is 1. The molecule has 1 N–H and O–H groups in total. The SMILES string of the molecule is COc1cc(C(=O)N2CCC(c3nc(C4CC4)n[nH]3)CC2)ccc1OCc1cscn1. The van der Waals surface area contributed by atoms with Gasteiger partial charge in [-0.3, -0.25) is 9.89 Å². The number of H-pyrrole nitrogens is 1. The molecular formula is C22H25N5O3S. The van der Waals surface area contributed by atoms with Crippen LogP contribution in [0.1, 0.15) is 65.2 Å². The topological polar surface area (TPSA) is 93.2 Å². The molecule has 162 valence electrons. The van der Waals surface area contributed by atoms with E-state index in [1.807, 2.05) is 10.3 Å². The first-order valence-electron chi connectivity index (χ1n) is 10.6. The maximum absolute atomic E-state index is 13.1. The van der Waals surface area contributed by atoms with Crippen molar-refractivity contribution in [1.29, 1.82) is 0 Å². The van der Waals surface area contributed by atoms with Crippen molar-refractivity contribution >= 4 is 17.2 Å². The highest BCUT2D eigenvalue weighted by molar-refractivity contribution is 7.07. The van der Waals surface area contributed by atoms with E-state index in [4.69, 9.17) is 9.47 Å². The quantitative estimate of drug-likeness (QED) is 0.603. The number of methoxy groups -OCH3 is 1. The fourth-order valence-corrected chi connectivity index (χ4v) is 4.46. The third kappa shape index (κ3) is 4.41. The number of likely N-dealkylation sites (tertiary alicyclic amines) is 1. The summed E-state index contributed by atoms with van der Waals surface area (Å²) in [6.07, 6.45) is 4.17. The lowest BCUT2D eigenvalue weighted by Gasteiger charge is -2.31. The lowest BCUT2D eigenvalue weighted by atomic mass is 9.95. The number of rotatable bonds is 7. The van der Waals surface area contributed by atoms with Gasteiger partial charge >= 0.3 is 0 Å². The van der Waals surface area contributed by atoms with Gasteiger partial charge in [-0.1, -0.05) is 0 Å². The van der Waals surface area contributed by atoms with Gasteiger partial charge in [0.2, 0.25) is 0 Å². The summed E-state index contributed by atoms with van der Waals surface area (Å²) in [5.74, 6) is 3.97. The van der Waals surface area contributed by atoms with Crippen LogP contribution < -0.4 is 9.47 Å². The summed E-state index contributed by atoms with van der Waals surface area (Å²) in [4.78, 5) is 23.9. The van der Waals surface area contributed by atoms with E-state index in [0.717, 1.165) is 30.2 Å². The predicted octanol–water partition coefficient (Wildman–Crippen LogP) is 3.75. The Morgan fingerprint density at radius 1 is 1.19 bits per heavy atom. The number of aromatic nitrogens is 4. The second-order valence-corrected chi connectivity index (χ2v) is 8.77. The molecule has 31 heavy (non-hydrogen) atoms. The minimum absolute atomic E-state index is 0.0130. The van der Waals surface area contributed by atoms with E-state index in [0.29, 0.717) is 48.6 Å². The van der Waals surface area contributed by atoms with Gasteiger partial charge < -0.3 is 14.4 Å². The number of benzene rings is 1. The van der Waals surface area contributed by atoms with Crippen molar-refractivity contribution in [3.8, 4) is 11.5 Å². The van der Waals surface area contributed by atoms with E-state index in [1.165, 1.54) is 24.2 Å². The van der Waals surface area contributed by atoms with Crippen LogP contribution in [0.15, 0.2) is 29.1 Å². The molecule has 9 heteroatoms. The Bertz CT molecular complexity index is 1040. The van der Waals surface area contributed by atoms with Gasteiger partial charge in [0.15, 0.2) is 17.3 Å². The van der Waals surface area contributed by atoms with Crippen molar-refractivity contribution in [3.05, 3.63) is 52.0 Å². The zero-order valence-electron chi connectivity index (χ0n) is 17.4. The highest BCUT2D eigenvalue weighted by Gasteiger charge is 2.31. The Morgan fingerprint density at radius 3 is 2.74 bits per heavy atom. The van der Waals surface area contributed by atoms with Crippen LogP contribution in [-0.2, 0) is 6.61 Å². The van der Waals surface area contributed by atoms with Crippen LogP contribution in [0.2, 0.25) is 0 Å². The maximum Gasteiger partial charge on any atom is 0.253 e. The molecule has 8 nitrogen and oxygen atoms in total. The van der Waals surface area contributed by atoms with Crippen LogP contribution in [0.3, 0.4) is 0 Å². The first-order valence-corrected chi connectivity index (χ1v) is 11.5. The molecule has 2 fully saturated rings. The molecule has 0 spiro atoms. The number of nitrogens with zero attached hydrogens (tertiary/aromatic N) is 4. The molecular weight excluding hydrogens is 414 g/mol. The Morgan fingerprint density at radius 2 is 2.03 bits per heavy atom. The van der Waals surface area contributed by atoms with E-state index in [1.54, 1.807) is 30.8 Å². The summed E-state index contributed by atoms with van der Waals surface area (Å²) in [6, 6.07) is 5.34. The Kier molecular flexibility index (Phi) is 5.59. The molecule has 5 rings (SSSR count). The average Bonchev–Trinajstić information content (AvgIpc) is 3.31. The lowest BCUT2D eigenvalue weighted by molar-refractivity contribution is 0.0710. The minimum atomic E-state index is 0.0130. The summed E-state index contributed by atoms with van der Waals surface area (Å²) < 4.78 is 11.3. The fourth-order valence-electron chi connectivity index (χ4n) is 3.91. The summed E-state index contributed by atoms with van der Waals surface area (Å²) in [5, 5.41) is 9.43. The second-order valence-electron chi connectivity index (χ2n) is 8.05. The molecule has 1 aliphatic heterocycles. The maximum atomic E-state index is 13.1. The van der Waals surface area contributed by atoms with Gasteiger partial charge in [0.05, 0.1) is 18.3 Å². The Balaban J connectivity index is 1.20. The minimum Gasteiger partial charge on any atom is -0.493 e. The van der Waals surface area contributed by atoms with Crippen LogP contribution in [0.5, 0.6) is 11.5 Å². The van der Waals surface area contributed by atoms with Gasteiger partial charge in [0.1, 0.15) is 12.4 Å². The molecule has 1 saturated heterocycles. The predicted molar refractivity (Wildman–Crippen MR) is 116 cm³/mol. The van der Waals surface area contributed by atoms with E-state index in [9.17, 15) is 4.79 Å². The number of carbonyl (C=O) groups is 1. The normalized spacial score (nSPS) is 17.0. The van der Waals surface area contributed by atoms with Crippen molar-refractivity contribution in [2.45, 2.75) is 44.1 Å². The van der Waals surface area contributed by atoms with Crippen LogP contribution in [0.4, 0.5) is 0 Å². The van der Waals surface area contributed by atoms with Crippen LogP contribution in [0.25, 0.3) is 0 Å². The molecule has 1 amide bonds. The average molecular weight is 440 g/mol. The molecule has 0 bridgehead atoms. The smallest absolute Gasteiger partial charge is 0.253 e. The highest BCUT2D eigenvalue weighted by atomic mass is 32.1. The first kappa shape index (κ1) is 20.0. The standard InChI is InChI=1S/C22H25N5O3S/c1-29-19-10-16(4-5-18(19)30-11-17-12-31-13-23-17)22(28)27-8-6-15(7-9-27)21-24-20(25-26-21)14-2-3-14/h4-5,10,12-15H,2-3,6-9,11H2,1H3,(H,24,25,26). The summed E-state index contributed by atoms with van der Waals surface area (Å²) >= 11 is 1.53. The van der Waals surface area contributed by atoms with Crippen LogP contribution >= 0.6 is 11.3 Å². The van der Waals surface area contributed by atoms with Crippen molar-refractivity contribution in [1.82, 2.24) is 25.1 Å². The Labute approximate surface area is 184 Å². The number of hydrogen-bond acceptors (Lipinski definition) is 7. The zero-order chi connectivity index (χ0) is 21.2. The Hall–Kier alpha value is -2.94. The lowest BCUT2D eigenvalue weighted by Crippen LogP contribution is -2.38. The number of aromatic amines is 1. The third-order valence-corrected chi connectivity index (χ3v) is 6.54. The summed E-state index contributed by atoms with van der Waals surface area (Å²) in [7, 11) is 1.58. The molecule has 1 saturated carbocycles. The second kappa shape index (κ2) is 8.66. The molecule has 3 heterocycles. The molecule has 3 aromatic rings. The van der Waals surface area contributed by atoms with E-state index in [-0.39, 0.29) is 5.91 Å². The van der Waals surface area contributed by atoms with Crippen molar-refractivity contribution in [2.75, 3.05) is 20.2 Å². The van der Waals surface area contributed by atoms with Gasteiger partial charge in [-0.15, -0.1) is 11.3 Å². The van der Waals surface area contributed by atoms with Gasteiger partial charge in [-0.25, -0.2) is 9.97 Å². The van der Waals surface area contributed by atoms with Crippen molar-refractivity contribution < 1.29 is 14.3 Å². The summed E-state index contributed by atoms with van der Waals surface area (Å²) in [6.45, 7) is 1.77. The van der Waals surface area contributed by atoms with Gasteiger partial charge in [-0.2, -0.15) is 5.10 Å². The largest absolute Gasteiger partial charge is 0.493 e. The van der Waals surface area contributed by atoms with Gasteiger partial charge in [0, 0.05) is 35.9 Å². The first-order chi connectivity index (χ1) is 15.2. The van der Waals surface area contributed by atoms with E-state index in [2.05, 4.69) is 20.2 Å². The summed E-state index contributed by atoms with van der Waals surface area (Å²) in [5.41, 5.74) is 3.24. The molecule has 1 aliphatic carbocycles. The molecule has 1 aromatic carbocycles. The molecule has 2 aromatic heterocycles. The monoisotopic (exact) mass is 439 g/mol. The fraction of sp³-hybridized carbons (Fsp3) is 0.455. The van der Waals surface area contributed by atoms with Gasteiger partial charge in [0.25, 0.3) is 5.91 Å². The van der Waals surface area contributed by atoms with Crippen molar-refractivity contribution in [2.24, 2.45) is 0 Å². The van der Waals surface area contributed by atoms with E-state index < -0.39 is 0 Å². The van der Waals surface area contributed by atoms with Crippen LogP contribution in [-0.4, -0.2) is 51.2 Å². The number of carbonyl (C=O) groups excluding carboxylic acids is 1. The highest BCUT2D eigenvalue weighted by Crippen LogP contribution is 2.38. The number of thiazole rings is 1.